The zero-order valence-electron chi connectivity index (χ0n) is 11.4. The van der Waals surface area contributed by atoms with Gasteiger partial charge >= 0.3 is 0 Å². The van der Waals surface area contributed by atoms with Gasteiger partial charge in [-0.05, 0) is 43.7 Å². The van der Waals surface area contributed by atoms with Crippen LogP contribution in [0.5, 0.6) is 11.5 Å². The van der Waals surface area contributed by atoms with E-state index in [1.807, 2.05) is 0 Å². The Bertz CT molecular complexity index is 442. The van der Waals surface area contributed by atoms with Crippen molar-refractivity contribution < 1.29 is 9.47 Å². The van der Waals surface area contributed by atoms with Crippen LogP contribution in [-0.4, -0.2) is 26.5 Å². The molecule has 4 heteroatoms. The van der Waals surface area contributed by atoms with E-state index in [0.717, 1.165) is 24.3 Å². The Morgan fingerprint density at radius 3 is 2.17 bits per heavy atom. The van der Waals surface area contributed by atoms with Crippen molar-refractivity contribution >= 4 is 11.8 Å². The second-order valence-electron chi connectivity index (χ2n) is 4.85. The van der Waals surface area contributed by atoms with Crippen molar-refractivity contribution in [2.45, 2.75) is 36.1 Å². The van der Waals surface area contributed by atoms with Gasteiger partial charge in [0.1, 0.15) is 0 Å². The maximum Gasteiger partial charge on any atom is 0.161 e. The number of nitrogens with two attached hydrogens (primary N) is 1. The van der Waals surface area contributed by atoms with Crippen molar-refractivity contribution in [3.8, 4) is 11.5 Å². The lowest BCUT2D eigenvalue weighted by Gasteiger charge is -2.24. The van der Waals surface area contributed by atoms with Gasteiger partial charge < -0.3 is 15.2 Å². The van der Waals surface area contributed by atoms with Crippen molar-refractivity contribution in [3.63, 3.8) is 0 Å². The lowest BCUT2D eigenvalue weighted by atomic mass is 9.89. The van der Waals surface area contributed by atoms with Gasteiger partial charge in [0, 0.05) is 16.4 Å². The minimum atomic E-state index is 0.137. The third-order valence-corrected chi connectivity index (χ3v) is 4.68. The van der Waals surface area contributed by atoms with Crippen LogP contribution in [0.1, 0.15) is 25.3 Å². The van der Waals surface area contributed by atoms with E-state index in [-0.39, 0.29) is 11.5 Å². The van der Waals surface area contributed by atoms with Crippen molar-refractivity contribution in [1.82, 2.24) is 0 Å². The van der Waals surface area contributed by atoms with E-state index in [1.54, 1.807) is 26.0 Å². The summed E-state index contributed by atoms with van der Waals surface area (Å²) in [7, 11) is 3.34. The summed E-state index contributed by atoms with van der Waals surface area (Å²) in [4.78, 5) is 1.24. The molecular weight excluding hydrogens is 246 g/mol. The van der Waals surface area contributed by atoms with Crippen LogP contribution in [0.4, 0.5) is 0 Å². The molecule has 0 heterocycles. The van der Waals surface area contributed by atoms with Crippen molar-refractivity contribution in [1.29, 1.82) is 0 Å². The standard InChI is InChI=1S/C14H21NO2S/c1-9(15)14(5-6-14)10-7-11(16-2)12(17-3)8-13(10)18-4/h7-9H,5-6,15H2,1-4H3. The van der Waals surface area contributed by atoms with Gasteiger partial charge in [-0.1, -0.05) is 0 Å². The number of methoxy groups -OCH3 is 2. The van der Waals surface area contributed by atoms with E-state index in [0.29, 0.717) is 0 Å². The second kappa shape index (κ2) is 5.02. The fourth-order valence-electron chi connectivity index (χ4n) is 2.52. The molecule has 0 radical (unpaired) electrons. The first-order valence-corrected chi connectivity index (χ1v) is 7.37. The molecule has 1 unspecified atom stereocenters. The number of benzene rings is 1. The molecule has 0 bridgehead atoms. The van der Waals surface area contributed by atoms with E-state index in [2.05, 4.69) is 25.3 Å². The van der Waals surface area contributed by atoms with E-state index in [9.17, 15) is 0 Å². The fraction of sp³-hybridized carbons (Fsp3) is 0.571. The summed E-state index contributed by atoms with van der Waals surface area (Å²) in [6.07, 6.45) is 4.41. The predicted molar refractivity (Wildman–Crippen MR) is 75.9 cm³/mol. The van der Waals surface area contributed by atoms with Crippen molar-refractivity contribution in [2.24, 2.45) is 5.73 Å². The molecule has 0 spiro atoms. The molecule has 1 atom stereocenters. The highest BCUT2D eigenvalue weighted by Crippen LogP contribution is 2.54. The van der Waals surface area contributed by atoms with Crippen LogP contribution >= 0.6 is 11.8 Å². The zero-order chi connectivity index (χ0) is 13.3. The van der Waals surface area contributed by atoms with Gasteiger partial charge in [0.2, 0.25) is 0 Å². The Hall–Kier alpha value is -0.870. The highest BCUT2D eigenvalue weighted by atomic mass is 32.2. The second-order valence-corrected chi connectivity index (χ2v) is 5.70. The Kier molecular flexibility index (Phi) is 3.78. The maximum atomic E-state index is 6.17. The first-order valence-electron chi connectivity index (χ1n) is 6.15. The predicted octanol–water partition coefficient (Wildman–Crippen LogP) is 2.80. The minimum Gasteiger partial charge on any atom is -0.493 e. The molecule has 0 saturated heterocycles. The van der Waals surface area contributed by atoms with Gasteiger partial charge in [-0.3, -0.25) is 0 Å². The van der Waals surface area contributed by atoms with Crippen molar-refractivity contribution in [3.05, 3.63) is 17.7 Å². The quantitative estimate of drug-likeness (QED) is 0.833. The normalized spacial score (nSPS) is 18.3. The van der Waals surface area contributed by atoms with Gasteiger partial charge in [-0.2, -0.15) is 0 Å². The van der Waals surface area contributed by atoms with Crippen molar-refractivity contribution in [2.75, 3.05) is 20.5 Å². The smallest absolute Gasteiger partial charge is 0.161 e. The van der Waals surface area contributed by atoms with Crippen LogP contribution in [0.25, 0.3) is 0 Å². The van der Waals surface area contributed by atoms with Crippen LogP contribution in [-0.2, 0) is 5.41 Å². The maximum absolute atomic E-state index is 6.17. The minimum absolute atomic E-state index is 0.137. The molecule has 1 aromatic carbocycles. The lowest BCUT2D eigenvalue weighted by Crippen LogP contribution is -2.32. The molecule has 1 fully saturated rings. The first-order chi connectivity index (χ1) is 8.58. The molecule has 1 aliphatic carbocycles. The summed E-state index contributed by atoms with van der Waals surface area (Å²) in [6, 6.07) is 4.32. The van der Waals surface area contributed by atoms with Crippen LogP contribution in [0.3, 0.4) is 0 Å². The number of thioether (sulfide) groups is 1. The third kappa shape index (κ3) is 2.08. The van der Waals surface area contributed by atoms with Crippen LogP contribution in [0.2, 0.25) is 0 Å². The van der Waals surface area contributed by atoms with E-state index in [4.69, 9.17) is 15.2 Å². The topological polar surface area (TPSA) is 44.5 Å². The average molecular weight is 267 g/mol. The number of ether oxygens (including phenoxy) is 2. The molecule has 2 N–H and O–H groups in total. The zero-order valence-corrected chi connectivity index (χ0v) is 12.3. The summed E-state index contributed by atoms with van der Waals surface area (Å²) < 4.78 is 10.8. The molecule has 1 saturated carbocycles. The molecule has 18 heavy (non-hydrogen) atoms. The van der Waals surface area contributed by atoms with E-state index < -0.39 is 0 Å². The first kappa shape index (κ1) is 13.6. The molecule has 0 amide bonds. The fourth-order valence-corrected chi connectivity index (χ4v) is 3.23. The summed E-state index contributed by atoms with van der Waals surface area (Å²) in [6.45, 7) is 2.09. The molecule has 1 aromatic rings. The van der Waals surface area contributed by atoms with Gasteiger partial charge in [-0.25, -0.2) is 0 Å². The molecular formula is C14H21NO2S. The summed E-state index contributed by atoms with van der Waals surface area (Å²) >= 11 is 1.74. The van der Waals surface area contributed by atoms with Crippen LogP contribution < -0.4 is 15.2 Å². The monoisotopic (exact) mass is 267 g/mol. The Morgan fingerprint density at radius 2 is 1.78 bits per heavy atom. The lowest BCUT2D eigenvalue weighted by molar-refractivity contribution is 0.352. The Morgan fingerprint density at radius 1 is 1.22 bits per heavy atom. The van der Waals surface area contributed by atoms with Gasteiger partial charge in [0.25, 0.3) is 0 Å². The number of hydrogen-bond acceptors (Lipinski definition) is 4. The largest absolute Gasteiger partial charge is 0.493 e. The number of hydrogen-bond donors (Lipinski definition) is 1. The Labute approximate surface area is 113 Å². The molecule has 0 aromatic heterocycles. The summed E-state index contributed by atoms with van der Waals surface area (Å²) in [5, 5.41) is 0. The summed E-state index contributed by atoms with van der Waals surface area (Å²) in [5.41, 5.74) is 7.61. The number of rotatable bonds is 5. The molecule has 0 aliphatic heterocycles. The third-order valence-electron chi connectivity index (χ3n) is 3.90. The Balaban J connectivity index is 2.53. The van der Waals surface area contributed by atoms with E-state index >= 15 is 0 Å². The molecule has 2 rings (SSSR count). The highest BCUT2D eigenvalue weighted by molar-refractivity contribution is 7.98. The van der Waals surface area contributed by atoms with Gasteiger partial charge in [0.05, 0.1) is 14.2 Å². The van der Waals surface area contributed by atoms with Gasteiger partial charge in [-0.15, -0.1) is 11.8 Å². The molecule has 3 nitrogen and oxygen atoms in total. The van der Waals surface area contributed by atoms with Gasteiger partial charge in [0.15, 0.2) is 11.5 Å². The van der Waals surface area contributed by atoms with Crippen LogP contribution in [0.15, 0.2) is 17.0 Å². The van der Waals surface area contributed by atoms with E-state index in [1.165, 1.54) is 10.5 Å². The molecule has 100 valence electrons. The SMILES string of the molecule is COc1cc(SC)c(C2(C(C)N)CC2)cc1OC. The average Bonchev–Trinajstić information content (AvgIpc) is 3.18. The molecule has 1 aliphatic rings. The van der Waals surface area contributed by atoms with Crippen LogP contribution in [0, 0.1) is 0 Å². The highest BCUT2D eigenvalue weighted by Gasteiger charge is 2.49. The summed E-state index contributed by atoms with van der Waals surface area (Å²) in [5.74, 6) is 1.57.